The quantitative estimate of drug-likeness (QED) is 0.822. The highest BCUT2D eigenvalue weighted by Crippen LogP contribution is 2.33. The molecule has 0 radical (unpaired) electrons. The zero-order valence-corrected chi connectivity index (χ0v) is 12.3. The Labute approximate surface area is 110 Å². The minimum absolute atomic E-state index is 0.106. The van der Waals surface area contributed by atoms with E-state index in [9.17, 15) is 9.90 Å². The zero-order chi connectivity index (χ0) is 14.0. The van der Waals surface area contributed by atoms with E-state index in [1.807, 2.05) is 6.92 Å². The Bertz CT molecular complexity index is 303. The number of carboxylic acids is 1. The van der Waals surface area contributed by atoms with Gasteiger partial charge in [0.05, 0.1) is 5.60 Å². The number of ether oxygens (including phenoxy) is 1. The molecule has 0 amide bonds. The lowest BCUT2D eigenvalue weighted by atomic mass is 9.86. The van der Waals surface area contributed by atoms with Crippen LogP contribution in [0.5, 0.6) is 0 Å². The van der Waals surface area contributed by atoms with Gasteiger partial charge in [-0.05, 0) is 46.6 Å². The third kappa shape index (κ3) is 3.04. The predicted octanol–water partition coefficient (Wildman–Crippen LogP) is 2.52. The van der Waals surface area contributed by atoms with Gasteiger partial charge in [0.1, 0.15) is 5.54 Å². The van der Waals surface area contributed by atoms with Gasteiger partial charge in [-0.25, -0.2) is 0 Å². The van der Waals surface area contributed by atoms with Crippen LogP contribution < -0.4 is 0 Å². The number of nitrogens with zero attached hydrogens (tertiary/aromatic N) is 1. The first kappa shape index (κ1) is 15.4. The number of carboxylic acid groups (broad SMARTS) is 1. The van der Waals surface area contributed by atoms with Crippen molar-refractivity contribution in [2.24, 2.45) is 0 Å². The summed E-state index contributed by atoms with van der Waals surface area (Å²) in [6.07, 6.45) is 2.79. The normalized spacial score (nSPS) is 29.6. The summed E-state index contributed by atoms with van der Waals surface area (Å²) < 4.78 is 5.84. The highest BCUT2D eigenvalue weighted by atomic mass is 16.5. The van der Waals surface area contributed by atoms with Crippen LogP contribution in [0, 0.1) is 0 Å². The lowest BCUT2D eigenvalue weighted by Gasteiger charge is -2.46. The first-order chi connectivity index (χ1) is 8.27. The van der Waals surface area contributed by atoms with Crippen LogP contribution in [0.25, 0.3) is 0 Å². The van der Waals surface area contributed by atoms with Gasteiger partial charge in [0.25, 0.3) is 0 Å². The Kier molecular flexibility index (Phi) is 4.78. The molecule has 106 valence electrons. The summed E-state index contributed by atoms with van der Waals surface area (Å²) in [5.41, 5.74) is -0.920. The molecule has 4 heteroatoms. The number of hydrogen-bond donors (Lipinski definition) is 1. The SMILES string of the molecule is CCN(C1CCOC(C)(CC)C1)C(C)(C)C(=O)O. The molecular formula is C14H27NO3. The molecule has 1 heterocycles. The molecule has 0 aromatic heterocycles. The minimum Gasteiger partial charge on any atom is -0.480 e. The average molecular weight is 257 g/mol. The van der Waals surface area contributed by atoms with Crippen molar-refractivity contribution in [2.45, 2.75) is 71.1 Å². The van der Waals surface area contributed by atoms with Gasteiger partial charge in [-0.2, -0.15) is 0 Å². The van der Waals surface area contributed by atoms with Crippen LogP contribution >= 0.6 is 0 Å². The highest BCUT2D eigenvalue weighted by molar-refractivity contribution is 5.77. The molecule has 1 saturated heterocycles. The molecule has 0 aromatic carbocycles. The third-order valence-electron chi connectivity index (χ3n) is 4.34. The fraction of sp³-hybridized carbons (Fsp3) is 0.929. The van der Waals surface area contributed by atoms with E-state index in [1.54, 1.807) is 13.8 Å². The molecule has 0 saturated carbocycles. The highest BCUT2D eigenvalue weighted by Gasteiger charge is 2.42. The van der Waals surface area contributed by atoms with Crippen molar-refractivity contribution in [3.8, 4) is 0 Å². The van der Waals surface area contributed by atoms with Crippen molar-refractivity contribution in [3.05, 3.63) is 0 Å². The summed E-state index contributed by atoms with van der Waals surface area (Å²) in [5.74, 6) is -0.756. The monoisotopic (exact) mass is 257 g/mol. The van der Waals surface area contributed by atoms with Crippen LogP contribution in [0.4, 0.5) is 0 Å². The summed E-state index contributed by atoms with van der Waals surface area (Å²) in [6, 6.07) is 0.291. The molecule has 2 atom stereocenters. The first-order valence-electron chi connectivity index (χ1n) is 6.91. The van der Waals surface area contributed by atoms with Crippen LogP contribution in [0.1, 0.15) is 53.9 Å². The summed E-state index contributed by atoms with van der Waals surface area (Å²) in [4.78, 5) is 13.5. The van der Waals surface area contributed by atoms with Gasteiger partial charge >= 0.3 is 5.97 Å². The second-order valence-electron chi connectivity index (χ2n) is 5.95. The maximum absolute atomic E-state index is 11.4. The van der Waals surface area contributed by atoms with E-state index >= 15 is 0 Å². The Hall–Kier alpha value is -0.610. The van der Waals surface area contributed by atoms with Crippen LogP contribution in [0.3, 0.4) is 0 Å². The first-order valence-corrected chi connectivity index (χ1v) is 6.91. The van der Waals surface area contributed by atoms with Crippen molar-refractivity contribution < 1.29 is 14.6 Å². The number of hydrogen-bond acceptors (Lipinski definition) is 3. The minimum atomic E-state index is -0.814. The van der Waals surface area contributed by atoms with Crippen LogP contribution in [-0.4, -0.2) is 46.3 Å². The molecule has 4 nitrogen and oxygen atoms in total. The van der Waals surface area contributed by atoms with Gasteiger partial charge in [-0.1, -0.05) is 13.8 Å². The van der Waals surface area contributed by atoms with Crippen molar-refractivity contribution >= 4 is 5.97 Å². The van der Waals surface area contributed by atoms with Gasteiger partial charge in [-0.3, -0.25) is 9.69 Å². The van der Waals surface area contributed by atoms with Gasteiger partial charge in [0.2, 0.25) is 0 Å². The maximum atomic E-state index is 11.4. The summed E-state index contributed by atoms with van der Waals surface area (Å²) in [5, 5.41) is 9.39. The number of rotatable bonds is 5. The second-order valence-corrected chi connectivity index (χ2v) is 5.95. The molecule has 1 aliphatic heterocycles. The summed E-state index contributed by atoms with van der Waals surface area (Å²) in [7, 11) is 0. The van der Waals surface area contributed by atoms with Crippen molar-refractivity contribution in [1.82, 2.24) is 4.90 Å². The molecule has 0 spiro atoms. The second kappa shape index (κ2) is 5.57. The third-order valence-corrected chi connectivity index (χ3v) is 4.34. The lowest BCUT2D eigenvalue weighted by molar-refractivity contribution is -0.156. The number of aliphatic carboxylic acids is 1. The van der Waals surface area contributed by atoms with Gasteiger partial charge < -0.3 is 9.84 Å². The van der Waals surface area contributed by atoms with Crippen molar-refractivity contribution in [1.29, 1.82) is 0 Å². The molecule has 2 unspecified atom stereocenters. The lowest BCUT2D eigenvalue weighted by Crippen LogP contribution is -2.58. The topological polar surface area (TPSA) is 49.8 Å². The molecular weight excluding hydrogens is 230 g/mol. The number of carbonyl (C=O) groups is 1. The molecule has 1 rings (SSSR count). The van der Waals surface area contributed by atoms with Crippen molar-refractivity contribution in [3.63, 3.8) is 0 Å². The average Bonchev–Trinajstić information content (AvgIpc) is 2.29. The molecule has 0 bridgehead atoms. The molecule has 1 fully saturated rings. The van der Waals surface area contributed by atoms with E-state index in [0.29, 0.717) is 6.04 Å². The standard InChI is InChI=1S/C14H27NO3/c1-6-14(5)10-11(8-9-18-14)15(7-2)13(3,4)12(16)17/h11H,6-10H2,1-5H3,(H,16,17). The predicted molar refractivity (Wildman–Crippen MR) is 71.8 cm³/mol. The Balaban J connectivity index is 2.86. The van der Waals surface area contributed by atoms with E-state index in [2.05, 4.69) is 18.7 Å². The van der Waals surface area contributed by atoms with E-state index in [4.69, 9.17) is 4.74 Å². The van der Waals surface area contributed by atoms with E-state index < -0.39 is 11.5 Å². The van der Waals surface area contributed by atoms with E-state index in [0.717, 1.165) is 32.4 Å². The molecule has 0 aliphatic carbocycles. The largest absolute Gasteiger partial charge is 0.480 e. The molecule has 0 aromatic rings. The van der Waals surface area contributed by atoms with Crippen LogP contribution in [-0.2, 0) is 9.53 Å². The fourth-order valence-electron chi connectivity index (χ4n) is 2.85. The molecule has 18 heavy (non-hydrogen) atoms. The zero-order valence-electron chi connectivity index (χ0n) is 12.3. The number of likely N-dealkylation sites (N-methyl/N-ethyl adjacent to an activating group) is 1. The van der Waals surface area contributed by atoms with Crippen LogP contribution in [0.2, 0.25) is 0 Å². The summed E-state index contributed by atoms with van der Waals surface area (Å²) in [6.45, 7) is 11.3. The smallest absolute Gasteiger partial charge is 0.323 e. The van der Waals surface area contributed by atoms with E-state index in [-0.39, 0.29) is 5.60 Å². The Morgan fingerprint density at radius 2 is 2.11 bits per heavy atom. The van der Waals surface area contributed by atoms with E-state index in [1.165, 1.54) is 0 Å². The summed E-state index contributed by atoms with van der Waals surface area (Å²) >= 11 is 0. The van der Waals surface area contributed by atoms with Gasteiger partial charge in [0, 0.05) is 12.6 Å². The van der Waals surface area contributed by atoms with Gasteiger partial charge in [0.15, 0.2) is 0 Å². The van der Waals surface area contributed by atoms with Gasteiger partial charge in [-0.15, -0.1) is 0 Å². The fourth-order valence-corrected chi connectivity index (χ4v) is 2.85. The Morgan fingerprint density at radius 1 is 1.50 bits per heavy atom. The van der Waals surface area contributed by atoms with Crippen molar-refractivity contribution in [2.75, 3.05) is 13.2 Å². The van der Waals surface area contributed by atoms with Crippen LogP contribution in [0.15, 0.2) is 0 Å². The molecule has 1 N–H and O–H groups in total. The maximum Gasteiger partial charge on any atom is 0.323 e. The Morgan fingerprint density at radius 3 is 2.56 bits per heavy atom. The molecule has 1 aliphatic rings.